The maximum atomic E-state index is 14.0. The Hall–Kier alpha value is -3.50. The van der Waals surface area contributed by atoms with Crippen LogP contribution in [-0.2, 0) is 27.2 Å². The van der Waals surface area contributed by atoms with Gasteiger partial charge in [-0.15, -0.1) is 0 Å². The molecule has 0 spiro atoms. The fraction of sp³-hybridized carbons (Fsp3) is 0.533. The first-order valence-electron chi connectivity index (χ1n) is 13.5. The smallest absolute Gasteiger partial charge is 0.255 e. The van der Waals surface area contributed by atoms with Gasteiger partial charge in [0.1, 0.15) is 22.8 Å². The highest BCUT2D eigenvalue weighted by molar-refractivity contribution is 6.24. The number of aliphatic hydroxyl groups excluding tert-OH is 2. The lowest BCUT2D eigenvalue weighted by Gasteiger charge is -2.50. The van der Waals surface area contributed by atoms with Crippen LogP contribution in [0, 0.1) is 17.3 Å². The monoisotopic (exact) mass is 554 g/mol. The number of fused-ring (bicyclic) bond motifs is 3. The quantitative estimate of drug-likeness (QED) is 0.261. The molecule has 0 heterocycles. The third-order valence-electron chi connectivity index (χ3n) is 8.55. The third-order valence-corrected chi connectivity index (χ3v) is 8.55. The van der Waals surface area contributed by atoms with E-state index in [0.29, 0.717) is 29.5 Å². The van der Waals surface area contributed by atoms with Crippen LogP contribution in [0.15, 0.2) is 23.0 Å². The Kier molecular flexibility index (Phi) is 7.26. The molecule has 0 aromatic heterocycles. The number of amides is 1. The van der Waals surface area contributed by atoms with E-state index in [9.17, 15) is 39.6 Å². The van der Waals surface area contributed by atoms with Gasteiger partial charge in [-0.1, -0.05) is 20.8 Å². The molecular formula is C30H38N2O8. The summed E-state index contributed by atoms with van der Waals surface area (Å²) in [5.41, 5.74) is 2.73. The van der Waals surface area contributed by atoms with Gasteiger partial charge < -0.3 is 26.2 Å². The molecule has 1 aromatic carbocycles. The van der Waals surface area contributed by atoms with Gasteiger partial charge in [-0.3, -0.25) is 24.1 Å². The number of phenolic OH excluding ortho intramolecular Hbond substituents is 1. The Morgan fingerprint density at radius 2 is 1.77 bits per heavy atom. The van der Waals surface area contributed by atoms with Crippen LogP contribution in [0.5, 0.6) is 5.75 Å². The summed E-state index contributed by atoms with van der Waals surface area (Å²) < 4.78 is 0. The molecule has 4 rings (SSSR count). The average molecular weight is 555 g/mol. The lowest BCUT2D eigenvalue weighted by molar-refractivity contribution is -0.153. The minimum atomic E-state index is -2.70. The van der Waals surface area contributed by atoms with Gasteiger partial charge in [0.15, 0.2) is 17.2 Å². The summed E-state index contributed by atoms with van der Waals surface area (Å²) in [7, 11) is 3.08. The minimum absolute atomic E-state index is 0.0306. The molecule has 1 saturated carbocycles. The van der Waals surface area contributed by atoms with Crippen molar-refractivity contribution in [2.75, 3.05) is 14.1 Å². The first-order valence-corrected chi connectivity index (χ1v) is 13.5. The normalized spacial score (nSPS) is 26.6. The molecule has 4 atom stereocenters. The van der Waals surface area contributed by atoms with Gasteiger partial charge in [0, 0.05) is 17.1 Å². The fourth-order valence-corrected chi connectivity index (χ4v) is 6.68. The maximum Gasteiger partial charge on any atom is 0.255 e. The molecular weight excluding hydrogens is 516 g/mol. The zero-order chi connectivity index (χ0) is 30.1. The number of phenols is 1. The predicted octanol–water partition coefficient (Wildman–Crippen LogP) is 2.54. The van der Waals surface area contributed by atoms with Crippen LogP contribution in [0.4, 0.5) is 0 Å². The number of benzene rings is 1. The van der Waals surface area contributed by atoms with Crippen molar-refractivity contribution in [2.45, 2.75) is 71.4 Å². The van der Waals surface area contributed by atoms with Crippen molar-refractivity contribution < 1.29 is 39.6 Å². The van der Waals surface area contributed by atoms with Crippen molar-refractivity contribution >= 4 is 29.0 Å². The van der Waals surface area contributed by atoms with Gasteiger partial charge in [0.05, 0.1) is 11.6 Å². The van der Waals surface area contributed by atoms with Gasteiger partial charge in [0.25, 0.3) is 5.91 Å². The Morgan fingerprint density at radius 1 is 1.15 bits per heavy atom. The van der Waals surface area contributed by atoms with E-state index in [-0.39, 0.29) is 40.9 Å². The molecule has 3 aliphatic carbocycles. The van der Waals surface area contributed by atoms with E-state index in [1.807, 2.05) is 0 Å². The Labute approximate surface area is 233 Å². The van der Waals surface area contributed by atoms with Gasteiger partial charge >= 0.3 is 0 Å². The van der Waals surface area contributed by atoms with Crippen molar-refractivity contribution in [1.29, 1.82) is 0 Å². The molecule has 0 saturated heterocycles. The van der Waals surface area contributed by atoms with Gasteiger partial charge in [-0.05, 0) is 81.6 Å². The van der Waals surface area contributed by atoms with Gasteiger partial charge in [0.2, 0.25) is 5.78 Å². The number of aromatic hydroxyl groups is 1. The van der Waals surface area contributed by atoms with Crippen molar-refractivity contribution in [2.24, 2.45) is 23.0 Å². The number of hydrogen-bond acceptors (Lipinski definition) is 9. The third kappa shape index (κ3) is 4.43. The standard InChI is InChI=1S/C30H38N2O8/c1-13(33)16-10-14(8-7-9-29(2,3)4)23(34)20-17(16)11-15-12-18-22(32(5)6)25(36)21(28(31)39)27(38)30(18,40)26(37)19(15)24(20)35/h10,15,18,22,34-35,38,40H,7-9,11-12H2,1-6H3,(H2,31,39)/t15-,18-,22+,30-/m0/s1. The number of nitrogens with zero attached hydrogens (tertiary/aromatic N) is 1. The number of aliphatic hydroxyl groups is 3. The van der Waals surface area contributed by atoms with Crippen LogP contribution in [0.1, 0.15) is 74.0 Å². The topological polar surface area (TPSA) is 178 Å². The zero-order valence-corrected chi connectivity index (χ0v) is 23.8. The first-order chi connectivity index (χ1) is 18.4. The molecule has 1 fully saturated rings. The Morgan fingerprint density at radius 3 is 2.30 bits per heavy atom. The van der Waals surface area contributed by atoms with E-state index in [1.165, 1.54) is 11.8 Å². The zero-order valence-electron chi connectivity index (χ0n) is 23.8. The minimum Gasteiger partial charge on any atom is -0.508 e. The number of hydrogen-bond donors (Lipinski definition) is 5. The highest BCUT2D eigenvalue weighted by Gasteiger charge is 2.64. The van der Waals surface area contributed by atoms with Crippen LogP contribution >= 0.6 is 0 Å². The molecule has 1 aromatic rings. The second kappa shape index (κ2) is 9.85. The van der Waals surface area contributed by atoms with E-state index in [1.54, 1.807) is 20.2 Å². The summed E-state index contributed by atoms with van der Waals surface area (Å²) in [6, 6.07) is 0.474. The average Bonchev–Trinajstić information content (AvgIpc) is 2.81. The van der Waals surface area contributed by atoms with E-state index in [0.717, 1.165) is 6.42 Å². The lowest BCUT2D eigenvalue weighted by Crippen LogP contribution is -2.65. The summed E-state index contributed by atoms with van der Waals surface area (Å²) in [4.78, 5) is 53.5. The number of likely N-dealkylation sites (N-methyl/N-ethyl adjacent to an activating group) is 1. The van der Waals surface area contributed by atoms with Crippen LogP contribution in [-0.4, -0.2) is 74.3 Å². The maximum absolute atomic E-state index is 14.0. The molecule has 216 valence electrons. The van der Waals surface area contributed by atoms with E-state index >= 15 is 0 Å². The van der Waals surface area contributed by atoms with E-state index in [2.05, 4.69) is 20.8 Å². The molecule has 3 aliphatic rings. The van der Waals surface area contributed by atoms with Crippen molar-refractivity contribution in [3.8, 4) is 5.75 Å². The summed E-state index contributed by atoms with van der Waals surface area (Å²) >= 11 is 0. The highest BCUT2D eigenvalue weighted by atomic mass is 16.3. The molecule has 40 heavy (non-hydrogen) atoms. The molecule has 1 amide bonds. The number of rotatable bonds is 6. The second-order valence-electron chi connectivity index (χ2n) is 12.7. The summed E-state index contributed by atoms with van der Waals surface area (Å²) in [5, 5.41) is 45.5. The number of aryl methyl sites for hydroxylation is 1. The Balaban J connectivity index is 1.92. The first kappa shape index (κ1) is 29.5. The van der Waals surface area contributed by atoms with E-state index in [4.69, 9.17) is 5.73 Å². The van der Waals surface area contributed by atoms with Crippen LogP contribution in [0.25, 0.3) is 5.76 Å². The molecule has 10 heteroatoms. The largest absolute Gasteiger partial charge is 0.508 e. The summed E-state index contributed by atoms with van der Waals surface area (Å²) in [6.07, 6.45) is 2.04. The molecule has 0 radical (unpaired) electrons. The number of Topliss-reactive ketones (excluding diaryl/α,β-unsaturated/α-hetero) is 3. The van der Waals surface area contributed by atoms with Gasteiger partial charge in [-0.25, -0.2) is 0 Å². The number of carbonyl (C=O) groups excluding carboxylic acids is 4. The van der Waals surface area contributed by atoms with Crippen LogP contribution in [0.2, 0.25) is 0 Å². The molecule has 0 unspecified atom stereocenters. The molecule has 0 aliphatic heterocycles. The molecule has 0 bridgehead atoms. The number of nitrogens with two attached hydrogens (primary N) is 1. The lowest BCUT2D eigenvalue weighted by atomic mass is 9.57. The van der Waals surface area contributed by atoms with Gasteiger partial charge in [-0.2, -0.15) is 0 Å². The summed E-state index contributed by atoms with van der Waals surface area (Å²) in [6.45, 7) is 7.67. The predicted molar refractivity (Wildman–Crippen MR) is 147 cm³/mol. The second-order valence-corrected chi connectivity index (χ2v) is 12.7. The molecule has 6 N–H and O–H groups in total. The Bertz CT molecular complexity index is 1400. The number of carbonyl (C=O) groups is 4. The highest BCUT2D eigenvalue weighted by Crippen LogP contribution is 2.53. The molecule has 10 nitrogen and oxygen atoms in total. The van der Waals surface area contributed by atoms with E-state index < -0.39 is 58.0 Å². The van der Waals surface area contributed by atoms with Crippen molar-refractivity contribution in [3.05, 3.63) is 45.2 Å². The number of primary amides is 1. The van der Waals surface area contributed by atoms with Crippen molar-refractivity contribution in [3.63, 3.8) is 0 Å². The SMILES string of the molecule is CC(=O)c1cc(CCCC(C)(C)C)c(O)c2c1C[C@H]1C[C@H]3[C@@H](N(C)C)C(=O)C(C(N)=O)=C(O)[C@@]3(O)C(=O)C1=C2O. The van der Waals surface area contributed by atoms with Crippen molar-refractivity contribution in [1.82, 2.24) is 4.90 Å². The van der Waals surface area contributed by atoms with Crippen LogP contribution in [0.3, 0.4) is 0 Å². The summed E-state index contributed by atoms with van der Waals surface area (Å²) in [5.74, 6) is -7.31. The number of ketones is 3. The van der Waals surface area contributed by atoms with Crippen LogP contribution < -0.4 is 5.73 Å². The fourth-order valence-electron chi connectivity index (χ4n) is 6.68.